The van der Waals surface area contributed by atoms with Crippen LogP contribution in [0.4, 0.5) is 26.3 Å². The van der Waals surface area contributed by atoms with Gasteiger partial charge in [0, 0.05) is 23.1 Å². The van der Waals surface area contributed by atoms with E-state index in [1.165, 1.54) is 42.5 Å². The summed E-state index contributed by atoms with van der Waals surface area (Å²) in [4.78, 5) is 0. The van der Waals surface area contributed by atoms with E-state index < -0.39 is 40.5 Å². The summed E-state index contributed by atoms with van der Waals surface area (Å²) in [7, 11) is 0. The highest BCUT2D eigenvalue weighted by molar-refractivity contribution is 5.75. The van der Waals surface area contributed by atoms with Crippen molar-refractivity contribution in [2.24, 2.45) is 0 Å². The van der Waals surface area contributed by atoms with Gasteiger partial charge in [-0.2, -0.15) is 5.26 Å². The van der Waals surface area contributed by atoms with Crippen molar-refractivity contribution in [1.29, 1.82) is 5.26 Å². The van der Waals surface area contributed by atoms with Gasteiger partial charge in [-0.3, -0.25) is 0 Å². The van der Waals surface area contributed by atoms with E-state index >= 15 is 0 Å². The lowest BCUT2D eigenvalue weighted by Crippen LogP contribution is -1.94. The molecule has 0 aliphatic rings. The number of hydrogen-bond donors (Lipinski definition) is 0. The van der Waals surface area contributed by atoms with Crippen LogP contribution < -0.4 is 0 Å². The molecule has 0 heterocycles. The van der Waals surface area contributed by atoms with Crippen molar-refractivity contribution in [2.75, 3.05) is 0 Å². The van der Waals surface area contributed by atoms with Crippen molar-refractivity contribution in [2.45, 2.75) is 19.8 Å². The Morgan fingerprint density at radius 3 is 1.68 bits per heavy atom. The van der Waals surface area contributed by atoms with Crippen molar-refractivity contribution < 1.29 is 26.3 Å². The quantitative estimate of drug-likeness (QED) is 0.239. The Bertz CT molecular complexity index is 1520. The highest BCUT2D eigenvalue weighted by atomic mass is 19.2. The standard InChI is InChI=1S/C30H19F6N/c1-2-3-25(31)30(36)18-6-4-17(5-7-18)19-8-10-22(26(32)12-19)20-9-11-23(27(33)13-20)21-14-28(34)24(16-37)29(35)15-21/h4-15H,2-3H2,1H3/b30-25+. The number of rotatable bonds is 6. The molecule has 4 rings (SSSR count). The number of allylic oxidation sites excluding steroid dienone is 1. The summed E-state index contributed by atoms with van der Waals surface area (Å²) < 4.78 is 85.7. The molecule has 0 radical (unpaired) electrons. The molecular weight excluding hydrogens is 488 g/mol. The second-order valence-corrected chi connectivity index (χ2v) is 8.36. The summed E-state index contributed by atoms with van der Waals surface area (Å²) in [5, 5.41) is 8.80. The third-order valence-electron chi connectivity index (χ3n) is 5.89. The third-order valence-corrected chi connectivity index (χ3v) is 5.89. The first-order valence-corrected chi connectivity index (χ1v) is 11.4. The van der Waals surface area contributed by atoms with E-state index in [-0.39, 0.29) is 34.2 Å². The number of nitriles is 1. The van der Waals surface area contributed by atoms with Crippen LogP contribution in [-0.4, -0.2) is 0 Å². The van der Waals surface area contributed by atoms with Crippen molar-refractivity contribution in [3.63, 3.8) is 0 Å². The Kier molecular flexibility index (Phi) is 7.49. The highest BCUT2D eigenvalue weighted by Crippen LogP contribution is 2.33. The molecule has 0 aliphatic heterocycles. The maximum atomic E-state index is 15.0. The number of halogens is 6. The molecule has 0 aliphatic carbocycles. The molecule has 0 bridgehead atoms. The summed E-state index contributed by atoms with van der Waals surface area (Å²) in [6.07, 6.45) is 0.477. The fourth-order valence-electron chi connectivity index (χ4n) is 3.98. The summed E-state index contributed by atoms with van der Waals surface area (Å²) in [6.45, 7) is 1.74. The zero-order chi connectivity index (χ0) is 26.7. The lowest BCUT2D eigenvalue weighted by molar-refractivity contribution is 0.559. The lowest BCUT2D eigenvalue weighted by Gasteiger charge is -2.10. The minimum absolute atomic E-state index is 0.00306. The Morgan fingerprint density at radius 2 is 1.14 bits per heavy atom. The molecule has 0 spiro atoms. The van der Waals surface area contributed by atoms with Crippen LogP contribution in [0.5, 0.6) is 0 Å². The first kappa shape index (κ1) is 25.8. The van der Waals surface area contributed by atoms with Crippen molar-refractivity contribution >= 4 is 5.83 Å². The van der Waals surface area contributed by atoms with Crippen LogP contribution in [0.3, 0.4) is 0 Å². The third kappa shape index (κ3) is 5.29. The molecule has 0 amide bonds. The van der Waals surface area contributed by atoms with Gasteiger partial charge >= 0.3 is 0 Å². The van der Waals surface area contributed by atoms with Crippen molar-refractivity contribution in [3.05, 3.63) is 113 Å². The molecule has 1 nitrogen and oxygen atoms in total. The Morgan fingerprint density at radius 1 is 0.649 bits per heavy atom. The molecule has 0 fully saturated rings. The monoisotopic (exact) mass is 507 g/mol. The molecule has 0 unspecified atom stereocenters. The molecule has 0 N–H and O–H groups in total. The van der Waals surface area contributed by atoms with Gasteiger partial charge in [0.2, 0.25) is 0 Å². The molecular formula is C30H19F6N. The van der Waals surface area contributed by atoms with Crippen LogP contribution in [0.25, 0.3) is 39.2 Å². The van der Waals surface area contributed by atoms with Crippen molar-refractivity contribution in [1.82, 2.24) is 0 Å². The van der Waals surface area contributed by atoms with Gasteiger partial charge in [-0.15, -0.1) is 0 Å². The summed E-state index contributed by atoms with van der Waals surface area (Å²) in [5.74, 6) is -5.44. The summed E-state index contributed by atoms with van der Waals surface area (Å²) in [6, 6.07) is 17.1. The first-order valence-electron chi connectivity index (χ1n) is 11.4. The fourth-order valence-corrected chi connectivity index (χ4v) is 3.98. The maximum Gasteiger partial charge on any atom is 0.161 e. The summed E-state index contributed by atoms with van der Waals surface area (Å²) >= 11 is 0. The van der Waals surface area contributed by atoms with E-state index in [1.807, 2.05) is 0 Å². The highest BCUT2D eigenvalue weighted by Gasteiger charge is 2.16. The first-order chi connectivity index (χ1) is 17.7. The second-order valence-electron chi connectivity index (χ2n) is 8.36. The fraction of sp³-hybridized carbons (Fsp3) is 0.100. The smallest absolute Gasteiger partial charge is 0.161 e. The molecule has 4 aromatic carbocycles. The maximum absolute atomic E-state index is 15.0. The van der Waals surface area contributed by atoms with E-state index in [1.54, 1.807) is 25.1 Å². The SMILES string of the molecule is CCC/C(F)=C(\F)c1ccc(-c2ccc(-c3ccc(-c4cc(F)c(C#N)c(F)c4)c(F)c3)c(F)c2)cc1. The topological polar surface area (TPSA) is 23.8 Å². The molecule has 37 heavy (non-hydrogen) atoms. The molecule has 0 atom stereocenters. The number of hydrogen-bond acceptors (Lipinski definition) is 1. The molecule has 186 valence electrons. The van der Waals surface area contributed by atoms with Crippen LogP contribution in [0, 0.1) is 34.6 Å². The normalized spacial score (nSPS) is 11.7. The van der Waals surface area contributed by atoms with Gasteiger partial charge in [-0.05, 0) is 52.9 Å². The Labute approximate surface area is 209 Å². The van der Waals surface area contributed by atoms with Gasteiger partial charge in [0.25, 0.3) is 0 Å². The van der Waals surface area contributed by atoms with E-state index in [2.05, 4.69) is 0 Å². The minimum atomic E-state index is -1.11. The number of benzene rings is 4. The van der Waals surface area contributed by atoms with E-state index in [0.29, 0.717) is 17.5 Å². The van der Waals surface area contributed by atoms with Gasteiger partial charge in [-0.1, -0.05) is 55.5 Å². The molecule has 0 aromatic heterocycles. The van der Waals surface area contributed by atoms with E-state index in [0.717, 1.165) is 18.2 Å². The van der Waals surface area contributed by atoms with E-state index in [4.69, 9.17) is 5.26 Å². The molecule has 0 saturated heterocycles. The van der Waals surface area contributed by atoms with Gasteiger partial charge in [0.1, 0.15) is 40.7 Å². The second kappa shape index (κ2) is 10.8. The average molecular weight is 507 g/mol. The number of nitrogens with zero attached hydrogens (tertiary/aromatic N) is 1. The van der Waals surface area contributed by atoms with Gasteiger partial charge in [0.15, 0.2) is 5.83 Å². The van der Waals surface area contributed by atoms with Crippen LogP contribution >= 0.6 is 0 Å². The van der Waals surface area contributed by atoms with Crippen LogP contribution in [0.2, 0.25) is 0 Å². The average Bonchev–Trinajstić information content (AvgIpc) is 2.88. The zero-order valence-corrected chi connectivity index (χ0v) is 19.6. The largest absolute Gasteiger partial charge is 0.209 e. The van der Waals surface area contributed by atoms with Gasteiger partial charge in [0.05, 0.1) is 0 Å². The Hall–Kier alpha value is -4.31. The summed E-state index contributed by atoms with van der Waals surface area (Å²) in [5.41, 5.74) is 0.466. The zero-order valence-electron chi connectivity index (χ0n) is 19.6. The minimum Gasteiger partial charge on any atom is -0.209 e. The molecule has 7 heteroatoms. The van der Waals surface area contributed by atoms with Crippen LogP contribution in [0.1, 0.15) is 30.9 Å². The molecule has 0 saturated carbocycles. The van der Waals surface area contributed by atoms with Crippen LogP contribution in [-0.2, 0) is 0 Å². The molecule has 4 aromatic rings. The lowest BCUT2D eigenvalue weighted by atomic mass is 9.96. The Balaban J connectivity index is 1.62. The van der Waals surface area contributed by atoms with E-state index in [9.17, 15) is 26.3 Å². The van der Waals surface area contributed by atoms with Gasteiger partial charge in [-0.25, -0.2) is 26.3 Å². The van der Waals surface area contributed by atoms with Crippen LogP contribution in [0.15, 0.2) is 78.6 Å². The van der Waals surface area contributed by atoms with Crippen molar-refractivity contribution in [3.8, 4) is 39.4 Å². The predicted molar refractivity (Wildman–Crippen MR) is 131 cm³/mol. The van der Waals surface area contributed by atoms with Gasteiger partial charge < -0.3 is 0 Å². The predicted octanol–water partition coefficient (Wildman–Crippen LogP) is 9.52.